The van der Waals surface area contributed by atoms with Gasteiger partial charge in [-0.2, -0.15) is 5.26 Å². The van der Waals surface area contributed by atoms with Crippen molar-refractivity contribution >= 4 is 5.69 Å². The highest BCUT2D eigenvalue weighted by Crippen LogP contribution is 2.25. The molecule has 1 aromatic carbocycles. The topological polar surface area (TPSA) is 39.1 Å². The van der Waals surface area contributed by atoms with Crippen LogP contribution in [0.15, 0.2) is 18.2 Å². The first-order valence-electron chi connectivity index (χ1n) is 7.24. The molecule has 1 N–H and O–H groups in total. The summed E-state index contributed by atoms with van der Waals surface area (Å²) in [4.78, 5) is 2.34. The van der Waals surface area contributed by atoms with E-state index in [0.717, 1.165) is 30.9 Å². The van der Waals surface area contributed by atoms with Crippen LogP contribution >= 0.6 is 0 Å². The molecule has 2 rings (SSSR count). The molecule has 102 valence electrons. The van der Waals surface area contributed by atoms with Crippen LogP contribution in [-0.4, -0.2) is 25.7 Å². The van der Waals surface area contributed by atoms with Gasteiger partial charge in [-0.05, 0) is 44.9 Å². The standard InChI is InChI=1S/C16H23N3/c1-3-19(12-15-9-4-5-10-18-15)16-13(2)7-6-8-14(16)11-17/h6-8,15,18H,3-5,9-10,12H2,1-2H3. The van der Waals surface area contributed by atoms with Gasteiger partial charge in [0.15, 0.2) is 0 Å². The molecule has 0 saturated carbocycles. The van der Waals surface area contributed by atoms with E-state index in [-0.39, 0.29) is 0 Å². The summed E-state index contributed by atoms with van der Waals surface area (Å²) in [6.45, 7) is 7.32. The second-order valence-electron chi connectivity index (χ2n) is 5.27. The van der Waals surface area contributed by atoms with Gasteiger partial charge in [0.2, 0.25) is 0 Å². The molecule has 0 spiro atoms. The van der Waals surface area contributed by atoms with Gasteiger partial charge < -0.3 is 10.2 Å². The Kier molecular flexibility index (Phi) is 4.81. The van der Waals surface area contributed by atoms with Crippen molar-refractivity contribution in [1.29, 1.82) is 5.26 Å². The van der Waals surface area contributed by atoms with Crippen molar-refractivity contribution in [2.45, 2.75) is 39.2 Å². The lowest BCUT2D eigenvalue weighted by Gasteiger charge is -2.32. The first-order chi connectivity index (χ1) is 9.26. The Hall–Kier alpha value is -1.53. The smallest absolute Gasteiger partial charge is 0.101 e. The van der Waals surface area contributed by atoms with E-state index in [4.69, 9.17) is 0 Å². The zero-order valence-corrected chi connectivity index (χ0v) is 11.9. The van der Waals surface area contributed by atoms with Gasteiger partial charge in [0.05, 0.1) is 11.3 Å². The molecule has 1 saturated heterocycles. The third-order valence-corrected chi connectivity index (χ3v) is 3.91. The van der Waals surface area contributed by atoms with E-state index in [1.165, 1.54) is 24.8 Å². The number of nitrogens with one attached hydrogen (secondary N) is 1. The number of anilines is 1. The number of rotatable bonds is 4. The predicted molar refractivity (Wildman–Crippen MR) is 79.4 cm³/mol. The van der Waals surface area contributed by atoms with E-state index in [1.54, 1.807) is 0 Å². The van der Waals surface area contributed by atoms with Crippen LogP contribution in [0.25, 0.3) is 0 Å². The van der Waals surface area contributed by atoms with Crippen LogP contribution in [-0.2, 0) is 0 Å². The van der Waals surface area contributed by atoms with Crippen molar-refractivity contribution in [1.82, 2.24) is 5.32 Å². The van der Waals surface area contributed by atoms with Crippen LogP contribution in [0.1, 0.15) is 37.3 Å². The zero-order chi connectivity index (χ0) is 13.7. The van der Waals surface area contributed by atoms with Crippen molar-refractivity contribution in [2.24, 2.45) is 0 Å². The fourth-order valence-corrected chi connectivity index (χ4v) is 2.89. The number of piperidine rings is 1. The van der Waals surface area contributed by atoms with Crippen molar-refractivity contribution in [3.63, 3.8) is 0 Å². The van der Waals surface area contributed by atoms with Gasteiger partial charge in [0.25, 0.3) is 0 Å². The van der Waals surface area contributed by atoms with Crippen LogP contribution < -0.4 is 10.2 Å². The molecular weight excluding hydrogens is 234 g/mol. The van der Waals surface area contributed by atoms with Gasteiger partial charge >= 0.3 is 0 Å². The van der Waals surface area contributed by atoms with E-state index in [0.29, 0.717) is 6.04 Å². The number of hydrogen-bond acceptors (Lipinski definition) is 3. The minimum absolute atomic E-state index is 0.555. The van der Waals surface area contributed by atoms with E-state index < -0.39 is 0 Å². The summed E-state index contributed by atoms with van der Waals surface area (Å²) < 4.78 is 0. The molecule has 1 aliphatic heterocycles. The molecule has 1 aromatic rings. The molecule has 0 bridgehead atoms. The molecule has 1 aliphatic rings. The molecule has 1 fully saturated rings. The van der Waals surface area contributed by atoms with Gasteiger partial charge in [-0.15, -0.1) is 0 Å². The molecule has 1 atom stereocenters. The van der Waals surface area contributed by atoms with Crippen molar-refractivity contribution in [2.75, 3.05) is 24.5 Å². The number of aryl methyl sites for hydroxylation is 1. The average molecular weight is 257 g/mol. The number of likely N-dealkylation sites (N-methyl/N-ethyl adjacent to an activating group) is 1. The van der Waals surface area contributed by atoms with Crippen molar-refractivity contribution in [3.05, 3.63) is 29.3 Å². The first-order valence-corrected chi connectivity index (χ1v) is 7.24. The molecule has 19 heavy (non-hydrogen) atoms. The van der Waals surface area contributed by atoms with E-state index in [1.807, 2.05) is 12.1 Å². The van der Waals surface area contributed by atoms with Gasteiger partial charge in [0, 0.05) is 19.1 Å². The first kappa shape index (κ1) is 13.9. The Morgan fingerprint density at radius 1 is 1.42 bits per heavy atom. The number of para-hydroxylation sites is 1. The third kappa shape index (κ3) is 3.27. The largest absolute Gasteiger partial charge is 0.369 e. The molecule has 0 radical (unpaired) electrons. The average Bonchev–Trinajstić information content (AvgIpc) is 2.46. The lowest BCUT2D eigenvalue weighted by atomic mass is 10.0. The van der Waals surface area contributed by atoms with Crippen LogP contribution in [0, 0.1) is 18.3 Å². The third-order valence-electron chi connectivity index (χ3n) is 3.91. The number of nitriles is 1. The van der Waals surface area contributed by atoms with Crippen LogP contribution in [0.4, 0.5) is 5.69 Å². The van der Waals surface area contributed by atoms with Crippen molar-refractivity contribution in [3.8, 4) is 6.07 Å². The quantitative estimate of drug-likeness (QED) is 0.901. The predicted octanol–water partition coefficient (Wildman–Crippen LogP) is 2.84. The molecular formula is C16H23N3. The summed E-state index contributed by atoms with van der Waals surface area (Å²) in [5.74, 6) is 0. The molecule has 1 heterocycles. The Bertz CT molecular complexity index is 456. The van der Waals surface area contributed by atoms with Crippen LogP contribution in [0.2, 0.25) is 0 Å². The second-order valence-corrected chi connectivity index (χ2v) is 5.27. The molecule has 3 nitrogen and oxygen atoms in total. The second kappa shape index (κ2) is 6.58. The van der Waals surface area contributed by atoms with Crippen LogP contribution in [0.3, 0.4) is 0 Å². The van der Waals surface area contributed by atoms with Gasteiger partial charge in [0.1, 0.15) is 6.07 Å². The molecule has 0 aliphatic carbocycles. The monoisotopic (exact) mass is 257 g/mol. The highest BCUT2D eigenvalue weighted by molar-refractivity contribution is 5.64. The lowest BCUT2D eigenvalue weighted by molar-refractivity contribution is 0.400. The summed E-state index contributed by atoms with van der Waals surface area (Å²) in [5.41, 5.74) is 3.09. The van der Waals surface area contributed by atoms with Crippen molar-refractivity contribution < 1.29 is 0 Å². The van der Waals surface area contributed by atoms with Gasteiger partial charge in [-0.25, -0.2) is 0 Å². The number of hydrogen-bond donors (Lipinski definition) is 1. The normalized spacial score (nSPS) is 18.9. The molecule has 1 unspecified atom stereocenters. The fraction of sp³-hybridized carbons (Fsp3) is 0.562. The Morgan fingerprint density at radius 2 is 2.26 bits per heavy atom. The summed E-state index contributed by atoms with van der Waals surface area (Å²) in [6, 6.07) is 8.85. The molecule has 0 aromatic heterocycles. The maximum atomic E-state index is 9.30. The number of nitrogens with zero attached hydrogens (tertiary/aromatic N) is 2. The summed E-state index contributed by atoms with van der Waals surface area (Å²) in [5, 5.41) is 12.9. The van der Waals surface area contributed by atoms with Gasteiger partial charge in [-0.1, -0.05) is 18.6 Å². The Labute approximate surface area is 116 Å². The molecule has 0 amide bonds. The lowest BCUT2D eigenvalue weighted by Crippen LogP contribution is -2.44. The minimum Gasteiger partial charge on any atom is -0.369 e. The maximum Gasteiger partial charge on any atom is 0.101 e. The molecule has 3 heteroatoms. The highest BCUT2D eigenvalue weighted by Gasteiger charge is 2.19. The van der Waals surface area contributed by atoms with E-state index >= 15 is 0 Å². The highest BCUT2D eigenvalue weighted by atomic mass is 15.2. The summed E-state index contributed by atoms with van der Waals surface area (Å²) >= 11 is 0. The summed E-state index contributed by atoms with van der Waals surface area (Å²) in [6.07, 6.45) is 3.84. The maximum absolute atomic E-state index is 9.30. The SMILES string of the molecule is CCN(CC1CCCCN1)c1c(C)cccc1C#N. The van der Waals surface area contributed by atoms with Gasteiger partial charge in [-0.3, -0.25) is 0 Å². The number of benzene rings is 1. The Morgan fingerprint density at radius 3 is 2.89 bits per heavy atom. The zero-order valence-electron chi connectivity index (χ0n) is 11.9. The fourth-order valence-electron chi connectivity index (χ4n) is 2.89. The van der Waals surface area contributed by atoms with E-state index in [9.17, 15) is 5.26 Å². The van der Waals surface area contributed by atoms with Crippen LogP contribution in [0.5, 0.6) is 0 Å². The summed E-state index contributed by atoms with van der Waals surface area (Å²) in [7, 11) is 0. The minimum atomic E-state index is 0.555. The Balaban J connectivity index is 2.19. The van der Waals surface area contributed by atoms with E-state index in [2.05, 4.69) is 36.2 Å².